The summed E-state index contributed by atoms with van der Waals surface area (Å²) in [6, 6.07) is 12.3. The summed E-state index contributed by atoms with van der Waals surface area (Å²) in [5, 5.41) is 9.67. The Balaban J connectivity index is 2.09. The third-order valence-electron chi connectivity index (χ3n) is 4.30. The molecule has 2 aromatic rings. The summed E-state index contributed by atoms with van der Waals surface area (Å²) < 4.78 is 25.4. The molecule has 0 bridgehead atoms. The normalized spacial score (nSPS) is 16.2. The number of aliphatic hydroxyl groups excluding tert-OH is 1. The summed E-state index contributed by atoms with van der Waals surface area (Å²) >= 11 is 1.60. The van der Waals surface area contributed by atoms with Crippen molar-refractivity contribution in [2.75, 3.05) is 6.26 Å². The molecule has 0 saturated heterocycles. The predicted octanol–water partition coefficient (Wildman–Crippen LogP) is 3.95. The van der Waals surface area contributed by atoms with Crippen LogP contribution in [0.2, 0.25) is 0 Å². The van der Waals surface area contributed by atoms with Crippen LogP contribution in [0.25, 0.3) is 17.2 Å². The molecule has 3 rings (SSSR count). The first kappa shape index (κ1) is 18.1. The number of benzene rings is 2. The Morgan fingerprint density at radius 1 is 1.20 bits per heavy atom. The molecule has 1 atom stereocenters. The monoisotopic (exact) mass is 420 g/mol. The van der Waals surface area contributed by atoms with Crippen molar-refractivity contribution in [3.8, 4) is 0 Å². The van der Waals surface area contributed by atoms with E-state index in [0.29, 0.717) is 6.42 Å². The van der Waals surface area contributed by atoms with Gasteiger partial charge in [-0.2, -0.15) is 0 Å². The van der Waals surface area contributed by atoms with Crippen molar-refractivity contribution in [3.63, 3.8) is 0 Å². The van der Waals surface area contributed by atoms with Crippen molar-refractivity contribution in [1.29, 1.82) is 0 Å². The van der Waals surface area contributed by atoms with Crippen LogP contribution in [0.15, 0.2) is 52.9 Å². The SMILES string of the molecule is CC1=C(CC(O)=[Se])c2cc(F)ccc2C1=Cc1ccc([S+](C)[O-])cc1. The molecule has 1 aliphatic carbocycles. The van der Waals surface area contributed by atoms with Crippen LogP contribution in [0.3, 0.4) is 0 Å². The average Bonchev–Trinajstić information content (AvgIpc) is 2.80. The van der Waals surface area contributed by atoms with Crippen LogP contribution in [0, 0.1) is 5.82 Å². The molecule has 1 aliphatic rings. The molecule has 0 spiro atoms. The Morgan fingerprint density at radius 3 is 2.48 bits per heavy atom. The summed E-state index contributed by atoms with van der Waals surface area (Å²) in [5.41, 5.74) is 5.71. The number of aliphatic hydroxyl groups is 1. The van der Waals surface area contributed by atoms with Gasteiger partial charge in [0, 0.05) is 0 Å². The van der Waals surface area contributed by atoms with Gasteiger partial charge in [0.15, 0.2) is 0 Å². The molecule has 0 saturated carbocycles. The molecule has 1 unspecified atom stereocenters. The van der Waals surface area contributed by atoms with E-state index in [1.165, 1.54) is 12.1 Å². The maximum atomic E-state index is 13.7. The molecule has 2 nitrogen and oxygen atoms in total. The van der Waals surface area contributed by atoms with Crippen molar-refractivity contribution in [2.24, 2.45) is 0 Å². The van der Waals surface area contributed by atoms with Crippen LogP contribution in [0.4, 0.5) is 4.39 Å². The van der Waals surface area contributed by atoms with Crippen molar-refractivity contribution in [2.45, 2.75) is 18.2 Å². The molecule has 0 amide bonds. The van der Waals surface area contributed by atoms with E-state index in [1.807, 2.05) is 37.3 Å². The second kappa shape index (κ2) is 7.30. The zero-order chi connectivity index (χ0) is 18.1. The van der Waals surface area contributed by atoms with Crippen molar-refractivity contribution in [3.05, 3.63) is 70.5 Å². The van der Waals surface area contributed by atoms with Gasteiger partial charge in [0.05, 0.1) is 0 Å². The first-order valence-electron chi connectivity index (χ1n) is 7.74. The first-order valence-corrected chi connectivity index (χ1v) is 10.2. The van der Waals surface area contributed by atoms with E-state index in [1.54, 1.807) is 12.3 Å². The van der Waals surface area contributed by atoms with E-state index in [4.69, 9.17) is 0 Å². The average molecular weight is 419 g/mol. The Bertz CT molecular complexity index is 898. The van der Waals surface area contributed by atoms with E-state index in [0.717, 1.165) is 38.3 Å². The van der Waals surface area contributed by atoms with Gasteiger partial charge in [0.25, 0.3) is 0 Å². The van der Waals surface area contributed by atoms with Gasteiger partial charge in [-0.25, -0.2) is 0 Å². The maximum absolute atomic E-state index is 13.7. The molecule has 128 valence electrons. The van der Waals surface area contributed by atoms with Crippen molar-refractivity contribution in [1.82, 2.24) is 0 Å². The fourth-order valence-electron chi connectivity index (χ4n) is 3.05. The quantitative estimate of drug-likeness (QED) is 0.603. The summed E-state index contributed by atoms with van der Waals surface area (Å²) in [6.07, 6.45) is 4.05. The molecular weight excluding hydrogens is 402 g/mol. The summed E-state index contributed by atoms with van der Waals surface area (Å²) in [4.78, 5) is 0.782. The van der Waals surface area contributed by atoms with Crippen molar-refractivity contribution < 1.29 is 14.0 Å². The van der Waals surface area contributed by atoms with Gasteiger partial charge in [0.1, 0.15) is 0 Å². The third kappa shape index (κ3) is 3.80. The zero-order valence-electron chi connectivity index (χ0n) is 13.9. The minimum absolute atomic E-state index is 0.181. The van der Waals surface area contributed by atoms with Crippen LogP contribution in [0.5, 0.6) is 0 Å². The molecule has 5 heteroatoms. The van der Waals surface area contributed by atoms with E-state index >= 15 is 0 Å². The molecule has 0 fully saturated rings. The fraction of sp³-hybridized carbons (Fsp3) is 0.150. The molecule has 0 aliphatic heterocycles. The number of halogens is 1. The van der Waals surface area contributed by atoms with Crippen LogP contribution >= 0.6 is 0 Å². The molecule has 25 heavy (non-hydrogen) atoms. The van der Waals surface area contributed by atoms with E-state index in [2.05, 4.69) is 15.6 Å². The molecule has 0 aromatic heterocycles. The van der Waals surface area contributed by atoms with Crippen LogP contribution in [-0.2, 0) is 11.2 Å². The van der Waals surface area contributed by atoms with Gasteiger partial charge in [-0.15, -0.1) is 0 Å². The van der Waals surface area contributed by atoms with Gasteiger partial charge in [0.2, 0.25) is 0 Å². The van der Waals surface area contributed by atoms with Crippen LogP contribution in [-0.4, -0.2) is 36.1 Å². The summed E-state index contributed by atoms with van der Waals surface area (Å²) in [5.74, 6) is -0.292. The van der Waals surface area contributed by atoms with Gasteiger partial charge in [-0.05, 0) is 0 Å². The van der Waals surface area contributed by atoms with Gasteiger partial charge < -0.3 is 0 Å². The van der Waals surface area contributed by atoms with E-state index < -0.39 is 11.2 Å². The number of hydrogen-bond acceptors (Lipinski definition) is 2. The molecule has 2 aromatic carbocycles. The zero-order valence-corrected chi connectivity index (χ0v) is 16.4. The summed E-state index contributed by atoms with van der Waals surface area (Å²) in [7, 11) is 0. The van der Waals surface area contributed by atoms with Gasteiger partial charge in [-0.1, -0.05) is 0 Å². The molecule has 0 heterocycles. The first-order chi connectivity index (χ1) is 11.9. The van der Waals surface area contributed by atoms with E-state index in [-0.39, 0.29) is 10.4 Å². The van der Waals surface area contributed by atoms with Crippen LogP contribution < -0.4 is 0 Å². The number of allylic oxidation sites excluding steroid dienone is 2. The van der Waals surface area contributed by atoms with E-state index in [9.17, 15) is 14.0 Å². The fourth-order valence-corrected chi connectivity index (χ4v) is 3.88. The second-order valence-electron chi connectivity index (χ2n) is 5.95. The Labute approximate surface area is 157 Å². The Kier molecular flexibility index (Phi) is 5.30. The second-order valence-corrected chi connectivity index (χ2v) is 8.31. The van der Waals surface area contributed by atoms with Gasteiger partial charge in [-0.3, -0.25) is 0 Å². The third-order valence-corrected chi connectivity index (χ3v) is 5.54. The predicted molar refractivity (Wildman–Crippen MR) is 103 cm³/mol. The minimum atomic E-state index is -1.01. The Hall–Kier alpha value is -1.65. The number of fused-ring (bicyclic) bond motifs is 1. The van der Waals surface area contributed by atoms with Crippen molar-refractivity contribution >= 4 is 48.6 Å². The summed E-state index contributed by atoms with van der Waals surface area (Å²) in [6.45, 7) is 1.98. The molecular formula is C20H17FO2SSe. The van der Waals surface area contributed by atoms with Crippen LogP contribution in [0.1, 0.15) is 30.0 Å². The number of hydrogen-bond donors (Lipinski definition) is 1. The topological polar surface area (TPSA) is 43.3 Å². The van der Waals surface area contributed by atoms with Gasteiger partial charge >= 0.3 is 158 Å². The standard InChI is InChI=1S/C20H17FO2SSe/c1-12-17(9-13-3-6-15(7-4-13)24(2)23)16-8-5-14(21)10-19(16)18(12)11-20(22)25/h3-10H,11H2,1-2H3,(H,22,25). The molecule has 1 N–H and O–H groups in total. The number of rotatable bonds is 4. The molecule has 0 radical (unpaired) electrons. The Morgan fingerprint density at radius 2 is 1.88 bits per heavy atom.